The van der Waals surface area contributed by atoms with Crippen molar-refractivity contribution < 1.29 is 18.0 Å². The van der Waals surface area contributed by atoms with Crippen molar-refractivity contribution in [3.05, 3.63) is 81.8 Å². The number of nitrogens with one attached hydrogen (secondary N) is 2. The summed E-state index contributed by atoms with van der Waals surface area (Å²) >= 11 is 0. The van der Waals surface area contributed by atoms with E-state index in [0.717, 1.165) is 12.1 Å². The number of rotatable bonds is 3. The summed E-state index contributed by atoms with van der Waals surface area (Å²) in [7, 11) is 0. The molecule has 2 aromatic rings. The number of carbonyl (C=O) groups excluding carboxylic acids is 1. The lowest BCUT2D eigenvalue weighted by molar-refractivity contribution is -0.137. The van der Waals surface area contributed by atoms with Crippen LogP contribution in [-0.2, 0) is 6.18 Å². The summed E-state index contributed by atoms with van der Waals surface area (Å²) in [6, 6.07) is 12.5. The van der Waals surface area contributed by atoms with Crippen molar-refractivity contribution in [2.75, 3.05) is 5.32 Å². The van der Waals surface area contributed by atoms with Gasteiger partial charge in [-0.15, -0.1) is 0 Å². The smallest absolute Gasteiger partial charge is 0.361 e. The molecular weight excluding hydrogens is 407 g/mol. The van der Waals surface area contributed by atoms with Gasteiger partial charge in [0.15, 0.2) is 0 Å². The SMILES string of the molecule is CC1=C(C#N)C(c2cccc(C(=O)Nc3ccc(C(F)(F)F)cn3)c2)C(C#N)=C(C)N1. The second kappa shape index (κ2) is 8.33. The Balaban J connectivity index is 1.91. The van der Waals surface area contributed by atoms with Crippen LogP contribution >= 0.6 is 0 Å². The van der Waals surface area contributed by atoms with Crippen LogP contribution in [0.25, 0.3) is 0 Å². The Morgan fingerprint density at radius 1 is 1.10 bits per heavy atom. The van der Waals surface area contributed by atoms with Crippen LogP contribution in [0.15, 0.2) is 65.1 Å². The van der Waals surface area contributed by atoms with Crippen LogP contribution < -0.4 is 10.6 Å². The highest BCUT2D eigenvalue weighted by atomic mass is 19.4. The van der Waals surface area contributed by atoms with E-state index in [0.29, 0.717) is 34.3 Å². The molecule has 1 aliphatic heterocycles. The van der Waals surface area contributed by atoms with E-state index in [1.54, 1.807) is 32.0 Å². The number of nitriles is 2. The first kappa shape index (κ1) is 21.6. The second-order valence-corrected chi connectivity index (χ2v) is 6.87. The highest BCUT2D eigenvalue weighted by Gasteiger charge is 2.31. The van der Waals surface area contributed by atoms with Gasteiger partial charge in [0.2, 0.25) is 0 Å². The van der Waals surface area contributed by atoms with Crippen LogP contribution in [0.5, 0.6) is 0 Å². The van der Waals surface area contributed by atoms with Gasteiger partial charge in [-0.05, 0) is 43.7 Å². The van der Waals surface area contributed by atoms with Crippen molar-refractivity contribution in [1.82, 2.24) is 10.3 Å². The average molecular weight is 423 g/mol. The molecule has 0 radical (unpaired) electrons. The van der Waals surface area contributed by atoms with Crippen LogP contribution in [0.4, 0.5) is 19.0 Å². The predicted octanol–water partition coefficient (Wildman–Crippen LogP) is 4.63. The molecule has 1 amide bonds. The fourth-order valence-corrected chi connectivity index (χ4v) is 3.31. The number of carbonyl (C=O) groups is 1. The monoisotopic (exact) mass is 423 g/mol. The van der Waals surface area contributed by atoms with Crippen molar-refractivity contribution >= 4 is 11.7 Å². The molecule has 0 spiro atoms. The molecule has 0 aliphatic carbocycles. The van der Waals surface area contributed by atoms with Crippen LogP contribution in [0.1, 0.15) is 41.3 Å². The number of dihydropyridines is 1. The third-order valence-corrected chi connectivity index (χ3v) is 4.82. The Kier molecular flexibility index (Phi) is 5.80. The Bertz CT molecular complexity index is 1150. The topological polar surface area (TPSA) is 102 Å². The van der Waals surface area contributed by atoms with Gasteiger partial charge in [0, 0.05) is 23.2 Å². The van der Waals surface area contributed by atoms with Crippen LogP contribution in [-0.4, -0.2) is 10.9 Å². The zero-order valence-electron chi connectivity index (χ0n) is 16.5. The molecule has 3 rings (SSSR count). The number of benzene rings is 1. The molecular formula is C22H16F3N5O. The predicted molar refractivity (Wildman–Crippen MR) is 106 cm³/mol. The third kappa shape index (κ3) is 4.41. The summed E-state index contributed by atoms with van der Waals surface area (Å²) in [6.07, 6.45) is -3.88. The van der Waals surface area contributed by atoms with Crippen molar-refractivity contribution in [1.29, 1.82) is 10.5 Å². The molecule has 1 aliphatic rings. The second-order valence-electron chi connectivity index (χ2n) is 6.87. The van der Waals surface area contributed by atoms with Crippen LogP contribution in [0.3, 0.4) is 0 Å². The van der Waals surface area contributed by atoms with Crippen molar-refractivity contribution in [2.24, 2.45) is 0 Å². The highest BCUT2D eigenvalue weighted by Crippen LogP contribution is 2.37. The van der Waals surface area contributed by atoms with Gasteiger partial charge in [0.05, 0.1) is 34.8 Å². The Hall–Kier alpha value is -4.11. The minimum Gasteiger partial charge on any atom is -0.361 e. The molecule has 0 saturated heterocycles. The maximum absolute atomic E-state index is 12.7. The van der Waals surface area contributed by atoms with Crippen LogP contribution in [0, 0.1) is 22.7 Å². The molecule has 1 aromatic carbocycles. The normalized spacial score (nSPS) is 14.5. The fraction of sp³-hybridized carbons (Fsp3) is 0.182. The van der Waals surface area contributed by atoms with Gasteiger partial charge < -0.3 is 10.6 Å². The number of nitrogens with zero attached hydrogens (tertiary/aromatic N) is 3. The summed E-state index contributed by atoms with van der Waals surface area (Å²) < 4.78 is 38.0. The zero-order chi connectivity index (χ0) is 22.8. The van der Waals surface area contributed by atoms with E-state index in [2.05, 4.69) is 27.8 Å². The number of hydrogen-bond acceptors (Lipinski definition) is 5. The van der Waals surface area contributed by atoms with E-state index >= 15 is 0 Å². The van der Waals surface area contributed by atoms with Crippen molar-refractivity contribution in [3.63, 3.8) is 0 Å². The number of allylic oxidation sites excluding steroid dienone is 4. The van der Waals surface area contributed by atoms with Gasteiger partial charge in [-0.3, -0.25) is 4.79 Å². The largest absolute Gasteiger partial charge is 0.417 e. The summed E-state index contributed by atoms with van der Waals surface area (Å²) in [5.41, 5.74) is 1.83. The quantitative estimate of drug-likeness (QED) is 0.749. The minimum absolute atomic E-state index is 0.0350. The maximum atomic E-state index is 12.7. The molecule has 31 heavy (non-hydrogen) atoms. The number of pyridine rings is 1. The van der Waals surface area contributed by atoms with E-state index in [1.807, 2.05) is 0 Å². The van der Waals surface area contributed by atoms with Crippen molar-refractivity contribution in [2.45, 2.75) is 25.9 Å². The third-order valence-electron chi connectivity index (χ3n) is 4.82. The number of hydrogen-bond donors (Lipinski definition) is 2. The number of amides is 1. The first-order valence-electron chi connectivity index (χ1n) is 9.09. The van der Waals surface area contributed by atoms with Crippen LogP contribution in [0.2, 0.25) is 0 Å². The standard InChI is InChI=1S/C22H16F3N5O/c1-12-17(9-26)20(18(10-27)13(2)29-12)14-4-3-5-15(8-14)21(31)30-19-7-6-16(11-28-19)22(23,24)25/h3-8,11,20,29H,1-2H3,(H,28,30,31). The number of alkyl halides is 3. The lowest BCUT2D eigenvalue weighted by Gasteiger charge is -2.26. The fourth-order valence-electron chi connectivity index (χ4n) is 3.31. The molecule has 2 N–H and O–H groups in total. The van der Waals surface area contributed by atoms with E-state index < -0.39 is 23.6 Å². The first-order chi connectivity index (χ1) is 14.7. The molecule has 0 unspecified atom stereocenters. The molecule has 0 fully saturated rings. The highest BCUT2D eigenvalue weighted by molar-refractivity contribution is 6.03. The van der Waals surface area contributed by atoms with Crippen molar-refractivity contribution in [3.8, 4) is 12.1 Å². The summed E-state index contributed by atoms with van der Waals surface area (Å²) in [5.74, 6) is -1.25. The number of anilines is 1. The van der Waals surface area contributed by atoms with Gasteiger partial charge in [-0.25, -0.2) is 4.98 Å². The number of halogens is 3. The lowest BCUT2D eigenvalue weighted by Crippen LogP contribution is -2.23. The molecule has 0 saturated carbocycles. The maximum Gasteiger partial charge on any atom is 0.417 e. The molecule has 2 heterocycles. The molecule has 156 valence electrons. The summed E-state index contributed by atoms with van der Waals surface area (Å²) in [5, 5.41) is 24.7. The summed E-state index contributed by atoms with van der Waals surface area (Å²) in [4.78, 5) is 16.3. The van der Waals surface area contributed by atoms with Gasteiger partial charge in [0.25, 0.3) is 5.91 Å². The Morgan fingerprint density at radius 3 is 2.26 bits per heavy atom. The van der Waals surface area contributed by atoms with Gasteiger partial charge in [0.1, 0.15) is 5.82 Å². The van der Waals surface area contributed by atoms with Gasteiger partial charge in [-0.2, -0.15) is 23.7 Å². The van der Waals surface area contributed by atoms with E-state index in [4.69, 9.17) is 0 Å². The number of aromatic nitrogens is 1. The lowest BCUT2D eigenvalue weighted by atomic mass is 9.81. The van der Waals surface area contributed by atoms with E-state index in [9.17, 15) is 28.5 Å². The van der Waals surface area contributed by atoms with Gasteiger partial charge >= 0.3 is 6.18 Å². The summed E-state index contributed by atoms with van der Waals surface area (Å²) in [6.45, 7) is 3.46. The van der Waals surface area contributed by atoms with E-state index in [1.165, 1.54) is 6.07 Å². The zero-order valence-corrected chi connectivity index (χ0v) is 16.5. The molecule has 0 atom stereocenters. The molecule has 0 bridgehead atoms. The van der Waals surface area contributed by atoms with Gasteiger partial charge in [-0.1, -0.05) is 12.1 Å². The minimum atomic E-state index is -4.52. The average Bonchev–Trinajstić information content (AvgIpc) is 2.73. The Morgan fingerprint density at radius 2 is 1.74 bits per heavy atom. The molecule has 6 nitrogen and oxygen atoms in total. The molecule has 9 heteroatoms. The molecule has 1 aromatic heterocycles. The van der Waals surface area contributed by atoms with E-state index in [-0.39, 0.29) is 11.4 Å². The Labute approximate surface area is 176 Å². The first-order valence-corrected chi connectivity index (χ1v) is 9.09.